The summed E-state index contributed by atoms with van der Waals surface area (Å²) in [6.07, 6.45) is 1.28. The topological polar surface area (TPSA) is 33.0 Å². The van der Waals surface area contributed by atoms with Gasteiger partial charge in [0.25, 0.3) is 0 Å². The van der Waals surface area contributed by atoms with E-state index in [4.69, 9.17) is 10.00 Å². The van der Waals surface area contributed by atoms with Crippen LogP contribution in [-0.4, -0.2) is 7.11 Å². The van der Waals surface area contributed by atoms with Crippen LogP contribution < -0.4 is 0 Å². The van der Waals surface area contributed by atoms with Crippen molar-refractivity contribution in [2.45, 2.75) is 6.42 Å². The molecule has 0 bridgehead atoms. The highest BCUT2D eigenvalue weighted by molar-refractivity contribution is 5.33. The van der Waals surface area contributed by atoms with E-state index in [9.17, 15) is 4.39 Å². The summed E-state index contributed by atoms with van der Waals surface area (Å²) >= 11 is 0. The van der Waals surface area contributed by atoms with E-state index < -0.39 is 5.83 Å². The Labute approximate surface area is 71.3 Å². The lowest BCUT2D eigenvalue weighted by molar-refractivity contribution is 0.301. The zero-order valence-corrected chi connectivity index (χ0v) is 6.93. The van der Waals surface area contributed by atoms with Crippen molar-refractivity contribution in [2.24, 2.45) is 0 Å². The normalized spacial score (nSPS) is 11.1. The van der Waals surface area contributed by atoms with Crippen molar-refractivity contribution in [2.75, 3.05) is 7.11 Å². The highest BCUT2D eigenvalue weighted by atomic mass is 19.1. The van der Waals surface area contributed by atoms with Gasteiger partial charge in [-0.1, -0.05) is 13.2 Å². The predicted octanol–water partition coefficient (Wildman–Crippen LogP) is 2.47. The molecule has 0 fully saturated rings. The Balaban J connectivity index is 4.91. The van der Waals surface area contributed by atoms with Gasteiger partial charge in [0, 0.05) is 5.57 Å². The molecule has 0 unspecified atom stereocenters. The third kappa shape index (κ3) is 2.59. The van der Waals surface area contributed by atoms with Crippen LogP contribution in [0.5, 0.6) is 0 Å². The van der Waals surface area contributed by atoms with Gasteiger partial charge in [0.2, 0.25) is 0 Å². The molecule has 0 aromatic heterocycles. The van der Waals surface area contributed by atoms with Crippen LogP contribution in [-0.2, 0) is 4.74 Å². The lowest BCUT2D eigenvalue weighted by Crippen LogP contribution is -1.91. The van der Waals surface area contributed by atoms with Crippen LogP contribution in [0.1, 0.15) is 6.42 Å². The lowest BCUT2D eigenvalue weighted by atomic mass is 10.1. The molecule has 0 aliphatic carbocycles. The van der Waals surface area contributed by atoms with Crippen LogP contribution in [0.4, 0.5) is 4.39 Å². The second kappa shape index (κ2) is 5.14. The fourth-order valence-corrected chi connectivity index (χ4v) is 0.725. The molecule has 0 radical (unpaired) electrons. The largest absolute Gasteiger partial charge is 0.496 e. The number of halogens is 1. The van der Waals surface area contributed by atoms with Crippen molar-refractivity contribution < 1.29 is 9.13 Å². The zero-order chi connectivity index (χ0) is 9.56. The maximum atomic E-state index is 12.6. The van der Waals surface area contributed by atoms with E-state index in [0.29, 0.717) is 0 Å². The minimum Gasteiger partial charge on any atom is -0.496 e. The van der Waals surface area contributed by atoms with E-state index in [1.165, 1.54) is 13.2 Å². The van der Waals surface area contributed by atoms with Gasteiger partial charge in [-0.15, -0.1) is 0 Å². The maximum Gasteiger partial charge on any atom is 0.125 e. The first-order valence-electron chi connectivity index (χ1n) is 3.28. The summed E-state index contributed by atoms with van der Waals surface area (Å²) in [5, 5.41) is 8.34. The zero-order valence-electron chi connectivity index (χ0n) is 6.93. The number of nitriles is 1. The second-order valence-electron chi connectivity index (χ2n) is 1.99. The average Bonchev–Trinajstić information content (AvgIpc) is 2.05. The Kier molecular flexibility index (Phi) is 4.47. The van der Waals surface area contributed by atoms with E-state index in [1.54, 1.807) is 0 Å². The summed E-state index contributed by atoms with van der Waals surface area (Å²) in [4.78, 5) is 0. The molecule has 0 atom stereocenters. The van der Waals surface area contributed by atoms with Crippen molar-refractivity contribution in [1.82, 2.24) is 0 Å². The smallest absolute Gasteiger partial charge is 0.125 e. The van der Waals surface area contributed by atoms with Gasteiger partial charge in [-0.25, -0.2) is 4.39 Å². The molecule has 0 amide bonds. The fourth-order valence-electron chi connectivity index (χ4n) is 0.725. The molecule has 2 nitrogen and oxygen atoms in total. The molecule has 0 rings (SSSR count). The number of hydrogen-bond acceptors (Lipinski definition) is 2. The number of ether oxygens (including phenoxy) is 1. The average molecular weight is 167 g/mol. The number of hydrogen-bond donors (Lipinski definition) is 0. The van der Waals surface area contributed by atoms with Gasteiger partial charge >= 0.3 is 0 Å². The fraction of sp³-hybridized carbons (Fsp3) is 0.222. The van der Waals surface area contributed by atoms with Gasteiger partial charge in [0.05, 0.1) is 19.6 Å². The highest BCUT2D eigenvalue weighted by Crippen LogP contribution is 2.18. The van der Waals surface area contributed by atoms with E-state index in [-0.39, 0.29) is 17.8 Å². The van der Waals surface area contributed by atoms with Gasteiger partial charge in [-0.05, 0) is 6.08 Å². The van der Waals surface area contributed by atoms with Crippen LogP contribution in [0.3, 0.4) is 0 Å². The van der Waals surface area contributed by atoms with Crippen LogP contribution in [0.25, 0.3) is 0 Å². The molecule has 3 heteroatoms. The van der Waals surface area contributed by atoms with Crippen molar-refractivity contribution >= 4 is 0 Å². The van der Waals surface area contributed by atoms with Crippen molar-refractivity contribution in [3.8, 4) is 6.07 Å². The predicted molar refractivity (Wildman–Crippen MR) is 44.7 cm³/mol. The molecule has 64 valence electrons. The van der Waals surface area contributed by atoms with Crippen LogP contribution >= 0.6 is 0 Å². The third-order valence-electron chi connectivity index (χ3n) is 1.29. The van der Waals surface area contributed by atoms with Crippen LogP contribution in [0, 0.1) is 11.3 Å². The highest BCUT2D eigenvalue weighted by Gasteiger charge is 2.07. The molecule has 12 heavy (non-hydrogen) atoms. The first-order valence-corrected chi connectivity index (χ1v) is 3.28. The molecule has 0 aliphatic rings. The summed E-state index contributed by atoms with van der Waals surface area (Å²) in [6, 6.07) is 1.81. The maximum absolute atomic E-state index is 12.6. The molecule has 0 saturated heterocycles. The minimum atomic E-state index is -0.659. The van der Waals surface area contributed by atoms with Gasteiger partial charge in [0.15, 0.2) is 0 Å². The van der Waals surface area contributed by atoms with Crippen LogP contribution in [0.2, 0.25) is 0 Å². The summed E-state index contributed by atoms with van der Waals surface area (Å²) in [7, 11) is 1.39. The van der Waals surface area contributed by atoms with Crippen molar-refractivity contribution in [3.05, 3.63) is 36.4 Å². The standard InChI is InChI=1S/C9H10FNO/c1-4-9(12-3)8(5-6-11)7(2)10/h4H,1-2,5H2,3H3/b9-8+. The van der Waals surface area contributed by atoms with E-state index in [1.807, 2.05) is 6.07 Å². The molecule has 0 aromatic carbocycles. The molecular weight excluding hydrogens is 157 g/mol. The van der Waals surface area contributed by atoms with Gasteiger partial charge in [0.1, 0.15) is 11.6 Å². The first-order chi connectivity index (χ1) is 5.67. The summed E-state index contributed by atoms with van der Waals surface area (Å²) < 4.78 is 17.4. The number of methoxy groups -OCH3 is 1. The van der Waals surface area contributed by atoms with E-state index in [2.05, 4.69) is 13.2 Å². The lowest BCUT2D eigenvalue weighted by Gasteiger charge is -2.05. The number of allylic oxidation sites excluding steroid dienone is 3. The Bertz CT molecular complexity index is 260. The van der Waals surface area contributed by atoms with E-state index in [0.717, 1.165) is 0 Å². The minimum absolute atomic E-state index is 0.0650. The molecule has 0 aliphatic heterocycles. The summed E-state index contributed by atoms with van der Waals surface area (Å²) in [5.74, 6) is -0.405. The number of rotatable bonds is 4. The number of nitrogens with zero attached hydrogens (tertiary/aromatic N) is 1. The van der Waals surface area contributed by atoms with E-state index >= 15 is 0 Å². The second-order valence-corrected chi connectivity index (χ2v) is 1.99. The van der Waals surface area contributed by atoms with Crippen molar-refractivity contribution in [1.29, 1.82) is 5.26 Å². The van der Waals surface area contributed by atoms with Gasteiger partial charge in [-0.3, -0.25) is 0 Å². The molecule has 0 saturated carbocycles. The quantitative estimate of drug-likeness (QED) is 0.476. The third-order valence-corrected chi connectivity index (χ3v) is 1.29. The molecular formula is C9H10FNO. The Morgan fingerprint density at radius 1 is 1.75 bits per heavy atom. The van der Waals surface area contributed by atoms with Crippen molar-refractivity contribution in [3.63, 3.8) is 0 Å². The molecule has 0 aromatic rings. The summed E-state index contributed by atoms with van der Waals surface area (Å²) in [6.45, 7) is 6.50. The Hall–Kier alpha value is -1.56. The summed E-state index contributed by atoms with van der Waals surface area (Å²) in [5.41, 5.74) is 0.148. The SMILES string of the molecule is C=C/C(OC)=C(/CC#N)C(=C)F. The van der Waals surface area contributed by atoms with Gasteiger partial charge in [-0.2, -0.15) is 5.26 Å². The molecule has 0 spiro atoms. The van der Waals surface area contributed by atoms with Crippen LogP contribution in [0.15, 0.2) is 36.4 Å². The Morgan fingerprint density at radius 2 is 2.33 bits per heavy atom. The molecule has 0 heterocycles. The first kappa shape index (κ1) is 10.4. The monoisotopic (exact) mass is 167 g/mol. The Morgan fingerprint density at radius 3 is 2.58 bits per heavy atom. The van der Waals surface area contributed by atoms with Gasteiger partial charge < -0.3 is 4.74 Å². The molecule has 0 N–H and O–H groups in total.